The van der Waals surface area contributed by atoms with Crippen molar-refractivity contribution in [3.8, 4) is 0 Å². The van der Waals surface area contributed by atoms with Gasteiger partial charge in [-0.15, -0.1) is 6.58 Å². The summed E-state index contributed by atoms with van der Waals surface area (Å²) in [5.41, 5.74) is 2.32. The van der Waals surface area contributed by atoms with Gasteiger partial charge >= 0.3 is 0 Å². The molecule has 1 saturated heterocycles. The molecule has 1 heterocycles. The monoisotopic (exact) mass is 400 g/mol. The van der Waals surface area contributed by atoms with Crippen LogP contribution in [-0.2, 0) is 15.1 Å². The normalized spacial score (nSPS) is 21.4. The molecule has 154 valence electrons. The largest absolute Gasteiger partial charge is 0.390 e. The van der Waals surface area contributed by atoms with Crippen LogP contribution in [0.25, 0.3) is 0 Å². The van der Waals surface area contributed by atoms with Gasteiger partial charge in [0, 0.05) is 6.42 Å². The second-order valence-corrected chi connectivity index (χ2v) is 7.71. The van der Waals surface area contributed by atoms with Crippen LogP contribution in [0.5, 0.6) is 0 Å². The lowest BCUT2D eigenvalue weighted by Gasteiger charge is -2.37. The minimum atomic E-state index is -0.802. The molecule has 0 radical (unpaired) electrons. The van der Waals surface area contributed by atoms with Crippen molar-refractivity contribution in [3.63, 3.8) is 0 Å². The highest BCUT2D eigenvalue weighted by Gasteiger charge is 2.41. The molecule has 3 aromatic carbocycles. The Bertz CT molecular complexity index is 827. The molecule has 0 amide bonds. The van der Waals surface area contributed by atoms with Gasteiger partial charge in [0.25, 0.3) is 0 Å². The van der Waals surface area contributed by atoms with Crippen LogP contribution >= 0.6 is 0 Å². The number of aliphatic hydroxyl groups excluding tert-OH is 1. The first-order chi connectivity index (χ1) is 14.7. The zero-order chi connectivity index (χ0) is 20.8. The van der Waals surface area contributed by atoms with Crippen molar-refractivity contribution < 1.29 is 14.6 Å². The number of hydrogen-bond donors (Lipinski definition) is 1. The first-order valence-corrected chi connectivity index (χ1v) is 10.5. The van der Waals surface area contributed by atoms with Crippen LogP contribution in [-0.4, -0.2) is 30.0 Å². The van der Waals surface area contributed by atoms with Gasteiger partial charge in [-0.25, -0.2) is 0 Å². The summed E-state index contributed by atoms with van der Waals surface area (Å²) in [5, 5.41) is 10.6. The summed E-state index contributed by atoms with van der Waals surface area (Å²) in [4.78, 5) is 0. The van der Waals surface area contributed by atoms with Gasteiger partial charge in [0.05, 0.1) is 18.8 Å². The third-order valence-corrected chi connectivity index (χ3v) is 5.74. The highest BCUT2D eigenvalue weighted by atomic mass is 16.6. The summed E-state index contributed by atoms with van der Waals surface area (Å²) >= 11 is 0. The Morgan fingerprint density at radius 3 is 1.77 bits per heavy atom. The number of benzene rings is 3. The van der Waals surface area contributed by atoms with Crippen LogP contribution in [0.1, 0.15) is 29.5 Å². The van der Waals surface area contributed by atoms with Crippen molar-refractivity contribution in [2.75, 3.05) is 6.61 Å². The first-order valence-electron chi connectivity index (χ1n) is 10.5. The molecule has 3 nitrogen and oxygen atoms in total. The second-order valence-electron chi connectivity index (χ2n) is 7.71. The summed E-state index contributed by atoms with van der Waals surface area (Å²) in [6.45, 7) is 4.07. The van der Waals surface area contributed by atoms with Crippen LogP contribution in [0.2, 0.25) is 0 Å². The maximum absolute atomic E-state index is 10.6. The Morgan fingerprint density at radius 1 is 0.867 bits per heavy atom. The molecule has 1 N–H and O–H groups in total. The lowest BCUT2D eigenvalue weighted by Crippen LogP contribution is -2.38. The van der Waals surface area contributed by atoms with Gasteiger partial charge in [0.15, 0.2) is 0 Å². The molecule has 3 aromatic rings. The zero-order valence-corrected chi connectivity index (χ0v) is 17.1. The molecule has 1 aliphatic rings. The number of ether oxygens (including phenoxy) is 2. The minimum Gasteiger partial charge on any atom is -0.390 e. The molecule has 1 aliphatic heterocycles. The van der Waals surface area contributed by atoms with Gasteiger partial charge in [0.1, 0.15) is 11.7 Å². The predicted octanol–water partition coefficient (Wildman–Crippen LogP) is 5.09. The van der Waals surface area contributed by atoms with Crippen molar-refractivity contribution >= 4 is 0 Å². The number of aliphatic hydroxyl groups is 1. The van der Waals surface area contributed by atoms with Gasteiger partial charge in [0.2, 0.25) is 0 Å². The van der Waals surface area contributed by atoms with E-state index in [-0.39, 0.29) is 18.8 Å². The Hall–Kier alpha value is -2.72. The fourth-order valence-corrected chi connectivity index (χ4v) is 4.28. The van der Waals surface area contributed by atoms with Crippen molar-refractivity contribution in [1.29, 1.82) is 0 Å². The predicted molar refractivity (Wildman–Crippen MR) is 119 cm³/mol. The van der Waals surface area contributed by atoms with E-state index in [4.69, 9.17) is 9.47 Å². The van der Waals surface area contributed by atoms with Crippen LogP contribution in [0.3, 0.4) is 0 Å². The quantitative estimate of drug-likeness (QED) is 0.423. The molecule has 30 heavy (non-hydrogen) atoms. The fraction of sp³-hybridized carbons (Fsp3) is 0.259. The van der Waals surface area contributed by atoms with Gasteiger partial charge in [-0.3, -0.25) is 0 Å². The Balaban J connectivity index is 1.75. The molecule has 0 bridgehead atoms. The molecule has 0 saturated carbocycles. The maximum Gasteiger partial charge on any atom is 0.143 e. The van der Waals surface area contributed by atoms with Crippen molar-refractivity contribution in [2.45, 2.75) is 36.8 Å². The summed E-state index contributed by atoms with van der Waals surface area (Å²) < 4.78 is 12.8. The van der Waals surface area contributed by atoms with E-state index in [2.05, 4.69) is 43.0 Å². The zero-order valence-electron chi connectivity index (χ0n) is 17.1. The van der Waals surface area contributed by atoms with Gasteiger partial charge in [-0.1, -0.05) is 97.1 Å². The summed E-state index contributed by atoms with van der Waals surface area (Å²) in [6.07, 6.45) is 2.25. The summed E-state index contributed by atoms with van der Waals surface area (Å²) in [7, 11) is 0. The molecule has 0 aliphatic carbocycles. The standard InChI is InChI=1S/C27H28O3/c1-2-12-24-19-25(28)26(30-24)20-29-27(21-13-6-3-7-14-21,22-15-8-4-9-16-22)23-17-10-5-11-18-23/h2-11,13-18,24-26,28H,1,12,19-20H2/t24-,25+,26-/m1/s1. The Morgan fingerprint density at radius 2 is 1.33 bits per heavy atom. The molecule has 0 unspecified atom stereocenters. The Kier molecular flexibility index (Phi) is 6.44. The fourth-order valence-electron chi connectivity index (χ4n) is 4.28. The van der Waals surface area contributed by atoms with Crippen LogP contribution < -0.4 is 0 Å². The van der Waals surface area contributed by atoms with E-state index >= 15 is 0 Å². The van der Waals surface area contributed by atoms with E-state index in [1.165, 1.54) is 0 Å². The SMILES string of the molecule is C=CC[C@@H]1C[C@H](O)[C@@H](COC(c2ccccc2)(c2ccccc2)c2ccccc2)O1. The molecule has 3 heteroatoms. The molecule has 1 fully saturated rings. The second kappa shape index (κ2) is 9.40. The maximum atomic E-state index is 10.6. The van der Waals surface area contributed by atoms with E-state index < -0.39 is 11.7 Å². The van der Waals surface area contributed by atoms with Crippen LogP contribution in [0.4, 0.5) is 0 Å². The minimum absolute atomic E-state index is 0.00863. The smallest absolute Gasteiger partial charge is 0.143 e. The van der Waals surface area contributed by atoms with Crippen molar-refractivity contribution in [2.24, 2.45) is 0 Å². The van der Waals surface area contributed by atoms with E-state index in [0.717, 1.165) is 23.1 Å². The molecule has 0 spiro atoms. The third kappa shape index (κ3) is 4.10. The summed E-state index contributed by atoms with van der Waals surface area (Å²) in [6, 6.07) is 30.7. The average molecular weight is 401 g/mol. The van der Waals surface area contributed by atoms with Gasteiger partial charge in [-0.05, 0) is 23.1 Å². The van der Waals surface area contributed by atoms with Gasteiger partial charge < -0.3 is 14.6 Å². The van der Waals surface area contributed by atoms with Crippen molar-refractivity contribution in [3.05, 3.63) is 120 Å². The molecule has 4 rings (SSSR count). The van der Waals surface area contributed by atoms with Crippen LogP contribution in [0.15, 0.2) is 104 Å². The van der Waals surface area contributed by atoms with E-state index in [1.807, 2.05) is 60.7 Å². The molecular weight excluding hydrogens is 372 g/mol. The highest BCUT2D eigenvalue weighted by Crippen LogP contribution is 2.41. The number of hydrogen-bond acceptors (Lipinski definition) is 3. The Labute approximate surface area is 178 Å². The number of rotatable bonds is 8. The first kappa shape index (κ1) is 20.5. The van der Waals surface area contributed by atoms with E-state index in [0.29, 0.717) is 6.42 Å². The average Bonchev–Trinajstić information content (AvgIpc) is 3.16. The van der Waals surface area contributed by atoms with E-state index in [1.54, 1.807) is 0 Å². The van der Waals surface area contributed by atoms with Gasteiger partial charge in [-0.2, -0.15) is 0 Å². The summed E-state index contributed by atoms with van der Waals surface area (Å²) in [5.74, 6) is 0. The molecule has 0 aromatic heterocycles. The highest BCUT2D eigenvalue weighted by molar-refractivity contribution is 5.47. The van der Waals surface area contributed by atoms with Crippen LogP contribution in [0, 0.1) is 0 Å². The molecule has 3 atom stereocenters. The lowest BCUT2D eigenvalue weighted by atomic mass is 9.80. The lowest BCUT2D eigenvalue weighted by molar-refractivity contribution is -0.0816. The van der Waals surface area contributed by atoms with Crippen molar-refractivity contribution in [1.82, 2.24) is 0 Å². The molecular formula is C27H28O3. The van der Waals surface area contributed by atoms with E-state index in [9.17, 15) is 5.11 Å². The topological polar surface area (TPSA) is 38.7 Å². The third-order valence-electron chi connectivity index (χ3n) is 5.74.